The molecular formula is C16H15N5. The third-order valence-electron chi connectivity index (χ3n) is 2.91. The van der Waals surface area contributed by atoms with E-state index in [1.54, 1.807) is 6.20 Å². The van der Waals surface area contributed by atoms with E-state index < -0.39 is 0 Å². The molecule has 0 spiro atoms. The molecule has 5 nitrogen and oxygen atoms in total. The first-order chi connectivity index (χ1) is 10.4. The number of anilines is 3. The van der Waals surface area contributed by atoms with Crippen molar-refractivity contribution in [1.29, 1.82) is 0 Å². The van der Waals surface area contributed by atoms with Gasteiger partial charge in [0, 0.05) is 12.2 Å². The Hall–Kier alpha value is -2.95. The number of nitrogens with one attached hydrogen (secondary N) is 2. The fraction of sp³-hybridized carbons (Fsp3) is 0.0625. The lowest BCUT2D eigenvalue weighted by Gasteiger charge is -2.07. The summed E-state index contributed by atoms with van der Waals surface area (Å²) >= 11 is 0. The number of rotatable bonds is 5. The van der Waals surface area contributed by atoms with Crippen LogP contribution in [0, 0.1) is 0 Å². The normalized spacial score (nSPS) is 10.1. The Morgan fingerprint density at radius 2 is 1.57 bits per heavy atom. The van der Waals surface area contributed by atoms with Crippen LogP contribution >= 0.6 is 0 Å². The number of benzene rings is 2. The maximum Gasteiger partial charge on any atom is 0.249 e. The minimum Gasteiger partial charge on any atom is -0.365 e. The van der Waals surface area contributed by atoms with Gasteiger partial charge in [0.25, 0.3) is 0 Å². The van der Waals surface area contributed by atoms with Gasteiger partial charge in [0.15, 0.2) is 5.82 Å². The minimum atomic E-state index is 0.472. The van der Waals surface area contributed by atoms with Crippen molar-refractivity contribution < 1.29 is 0 Å². The van der Waals surface area contributed by atoms with Crippen molar-refractivity contribution in [2.75, 3.05) is 10.6 Å². The largest absolute Gasteiger partial charge is 0.365 e. The van der Waals surface area contributed by atoms with Gasteiger partial charge in [-0.15, -0.1) is 5.10 Å². The van der Waals surface area contributed by atoms with Gasteiger partial charge < -0.3 is 10.6 Å². The molecule has 3 aromatic rings. The van der Waals surface area contributed by atoms with Crippen LogP contribution in [0.2, 0.25) is 0 Å². The quantitative estimate of drug-likeness (QED) is 0.749. The molecule has 5 heteroatoms. The molecule has 0 aliphatic rings. The van der Waals surface area contributed by atoms with E-state index >= 15 is 0 Å². The van der Waals surface area contributed by atoms with E-state index in [0.717, 1.165) is 5.69 Å². The summed E-state index contributed by atoms with van der Waals surface area (Å²) in [4.78, 5) is 4.39. The van der Waals surface area contributed by atoms with Crippen LogP contribution in [0.1, 0.15) is 5.56 Å². The second-order valence-electron chi connectivity index (χ2n) is 4.50. The summed E-state index contributed by atoms with van der Waals surface area (Å²) in [6.07, 6.45) is 1.61. The molecule has 0 unspecified atom stereocenters. The van der Waals surface area contributed by atoms with E-state index in [2.05, 4.69) is 37.9 Å². The second-order valence-corrected chi connectivity index (χ2v) is 4.50. The smallest absolute Gasteiger partial charge is 0.249 e. The molecule has 0 radical (unpaired) electrons. The maximum absolute atomic E-state index is 4.39. The fourth-order valence-electron chi connectivity index (χ4n) is 1.88. The third kappa shape index (κ3) is 3.76. The van der Waals surface area contributed by atoms with Crippen molar-refractivity contribution in [3.63, 3.8) is 0 Å². The van der Waals surface area contributed by atoms with Gasteiger partial charge in [-0.1, -0.05) is 48.5 Å². The molecule has 104 valence electrons. The van der Waals surface area contributed by atoms with E-state index in [9.17, 15) is 0 Å². The molecule has 2 N–H and O–H groups in total. The minimum absolute atomic E-state index is 0.472. The number of nitrogens with zero attached hydrogens (tertiary/aromatic N) is 3. The van der Waals surface area contributed by atoms with Crippen LogP contribution in [0.25, 0.3) is 0 Å². The zero-order valence-corrected chi connectivity index (χ0v) is 11.4. The molecule has 0 amide bonds. The highest BCUT2D eigenvalue weighted by Gasteiger charge is 2.01. The van der Waals surface area contributed by atoms with Gasteiger partial charge in [0.2, 0.25) is 5.95 Å². The van der Waals surface area contributed by atoms with Crippen molar-refractivity contribution in [1.82, 2.24) is 15.2 Å². The highest BCUT2D eigenvalue weighted by Crippen LogP contribution is 2.12. The molecule has 1 heterocycles. The third-order valence-corrected chi connectivity index (χ3v) is 2.91. The van der Waals surface area contributed by atoms with Crippen LogP contribution in [0.4, 0.5) is 17.5 Å². The van der Waals surface area contributed by atoms with Gasteiger partial charge in [-0.3, -0.25) is 0 Å². The zero-order valence-electron chi connectivity index (χ0n) is 11.4. The summed E-state index contributed by atoms with van der Waals surface area (Å²) in [6.45, 7) is 0.699. The van der Waals surface area contributed by atoms with Crippen LogP contribution < -0.4 is 10.6 Å². The standard InChI is InChI=1S/C16H15N5/c1-3-7-13(8-4-1)11-17-15-12-18-21-16(20-15)19-14-9-5-2-6-10-14/h1-10,12H,11H2,(H2,17,19,20,21). The summed E-state index contributed by atoms with van der Waals surface area (Å²) in [5, 5.41) is 14.3. The molecule has 0 saturated carbocycles. The monoisotopic (exact) mass is 277 g/mol. The Labute approximate surface area is 123 Å². The predicted octanol–water partition coefficient (Wildman–Crippen LogP) is 3.23. The molecular weight excluding hydrogens is 262 g/mol. The first kappa shape index (κ1) is 13.1. The van der Waals surface area contributed by atoms with Crippen LogP contribution in [0.5, 0.6) is 0 Å². The highest BCUT2D eigenvalue weighted by molar-refractivity contribution is 5.53. The summed E-state index contributed by atoms with van der Waals surface area (Å²) in [5.74, 6) is 1.16. The fourth-order valence-corrected chi connectivity index (χ4v) is 1.88. The first-order valence-electron chi connectivity index (χ1n) is 6.70. The first-order valence-corrected chi connectivity index (χ1v) is 6.70. The number of hydrogen-bond donors (Lipinski definition) is 2. The molecule has 21 heavy (non-hydrogen) atoms. The Bertz CT molecular complexity index is 685. The Morgan fingerprint density at radius 1 is 0.857 bits per heavy atom. The SMILES string of the molecule is c1ccc(CNc2cnnc(Nc3ccccc3)n2)cc1. The summed E-state index contributed by atoms with van der Waals surface area (Å²) < 4.78 is 0. The average molecular weight is 277 g/mol. The lowest BCUT2D eigenvalue weighted by atomic mass is 10.2. The molecule has 0 aliphatic carbocycles. The molecule has 1 aromatic heterocycles. The topological polar surface area (TPSA) is 62.7 Å². The Kier molecular flexibility index (Phi) is 4.02. The van der Waals surface area contributed by atoms with Gasteiger partial charge in [-0.05, 0) is 17.7 Å². The molecule has 3 rings (SSSR count). The number of para-hydroxylation sites is 1. The van der Waals surface area contributed by atoms with Crippen molar-refractivity contribution in [3.05, 3.63) is 72.4 Å². The van der Waals surface area contributed by atoms with Crippen LogP contribution in [0.15, 0.2) is 66.9 Å². The van der Waals surface area contributed by atoms with Crippen molar-refractivity contribution in [2.45, 2.75) is 6.54 Å². The summed E-state index contributed by atoms with van der Waals surface area (Å²) in [5.41, 5.74) is 2.12. The average Bonchev–Trinajstić information content (AvgIpc) is 2.55. The predicted molar refractivity (Wildman–Crippen MR) is 83.3 cm³/mol. The Morgan fingerprint density at radius 3 is 2.33 bits per heavy atom. The molecule has 0 saturated heterocycles. The van der Waals surface area contributed by atoms with E-state index in [0.29, 0.717) is 18.3 Å². The van der Waals surface area contributed by atoms with Crippen LogP contribution in [0.3, 0.4) is 0 Å². The van der Waals surface area contributed by atoms with Gasteiger partial charge in [0.05, 0.1) is 6.20 Å². The lowest BCUT2D eigenvalue weighted by Crippen LogP contribution is -2.05. The number of aromatic nitrogens is 3. The Balaban J connectivity index is 1.66. The lowest BCUT2D eigenvalue weighted by molar-refractivity contribution is 0.966. The summed E-state index contributed by atoms with van der Waals surface area (Å²) in [6, 6.07) is 19.9. The van der Waals surface area contributed by atoms with Crippen LogP contribution in [-0.4, -0.2) is 15.2 Å². The molecule has 0 aliphatic heterocycles. The van der Waals surface area contributed by atoms with Gasteiger partial charge >= 0.3 is 0 Å². The molecule has 0 fully saturated rings. The van der Waals surface area contributed by atoms with E-state index in [1.807, 2.05) is 48.5 Å². The van der Waals surface area contributed by atoms with E-state index in [1.165, 1.54) is 5.56 Å². The van der Waals surface area contributed by atoms with E-state index in [4.69, 9.17) is 0 Å². The molecule has 0 atom stereocenters. The molecule has 0 bridgehead atoms. The highest BCUT2D eigenvalue weighted by atomic mass is 15.3. The summed E-state index contributed by atoms with van der Waals surface area (Å²) in [7, 11) is 0. The van der Waals surface area contributed by atoms with Gasteiger partial charge in [0.1, 0.15) is 0 Å². The van der Waals surface area contributed by atoms with Crippen molar-refractivity contribution in [2.24, 2.45) is 0 Å². The number of hydrogen-bond acceptors (Lipinski definition) is 5. The van der Waals surface area contributed by atoms with Crippen molar-refractivity contribution in [3.8, 4) is 0 Å². The van der Waals surface area contributed by atoms with Gasteiger partial charge in [-0.25, -0.2) is 0 Å². The van der Waals surface area contributed by atoms with Gasteiger partial charge in [-0.2, -0.15) is 10.1 Å². The van der Waals surface area contributed by atoms with Crippen molar-refractivity contribution >= 4 is 17.5 Å². The van der Waals surface area contributed by atoms with Crippen LogP contribution in [-0.2, 0) is 6.54 Å². The second kappa shape index (κ2) is 6.47. The van der Waals surface area contributed by atoms with E-state index in [-0.39, 0.29) is 0 Å². The zero-order chi connectivity index (χ0) is 14.3. The maximum atomic E-state index is 4.39. The molecule has 2 aromatic carbocycles.